The summed E-state index contributed by atoms with van der Waals surface area (Å²) in [5, 5.41) is 10.2. The van der Waals surface area contributed by atoms with Gasteiger partial charge in [-0.1, -0.05) is 30.3 Å². The molecule has 1 N–H and O–H groups in total. The van der Waals surface area contributed by atoms with E-state index in [4.69, 9.17) is 0 Å². The predicted molar refractivity (Wildman–Crippen MR) is 93.1 cm³/mol. The molecule has 1 aliphatic rings. The van der Waals surface area contributed by atoms with Crippen molar-refractivity contribution in [3.8, 4) is 0 Å². The molecule has 3 nitrogen and oxygen atoms in total. The molecule has 1 aromatic carbocycles. The summed E-state index contributed by atoms with van der Waals surface area (Å²) >= 11 is 0. The molecule has 0 saturated carbocycles. The van der Waals surface area contributed by atoms with Crippen LogP contribution >= 0.6 is 0 Å². The third kappa shape index (κ3) is 4.88. The molecule has 1 fully saturated rings. The molecule has 3 rings (SSSR count). The highest BCUT2D eigenvalue weighted by Gasteiger charge is 2.20. The second-order valence-electron chi connectivity index (χ2n) is 6.56. The van der Waals surface area contributed by atoms with E-state index < -0.39 is 0 Å². The normalized spacial score (nSPS) is 18.0. The minimum absolute atomic E-state index is 0.375. The van der Waals surface area contributed by atoms with Crippen molar-refractivity contribution >= 4 is 0 Å². The van der Waals surface area contributed by atoms with Crippen LogP contribution in [0.4, 0.5) is 0 Å². The molecular formula is C20H26N2O. The Balaban J connectivity index is 1.39. The summed E-state index contributed by atoms with van der Waals surface area (Å²) in [7, 11) is 0. The van der Waals surface area contributed by atoms with Crippen LogP contribution in [0.2, 0.25) is 0 Å². The second-order valence-corrected chi connectivity index (χ2v) is 6.56. The molecule has 0 aliphatic carbocycles. The highest BCUT2D eigenvalue weighted by atomic mass is 16.3. The van der Waals surface area contributed by atoms with Gasteiger partial charge in [0.2, 0.25) is 0 Å². The van der Waals surface area contributed by atoms with E-state index in [1.165, 1.54) is 24.8 Å². The van der Waals surface area contributed by atoms with Gasteiger partial charge in [0.25, 0.3) is 0 Å². The smallest absolute Gasteiger partial charge is 0.0803 e. The molecule has 1 aliphatic heterocycles. The van der Waals surface area contributed by atoms with E-state index in [2.05, 4.69) is 40.2 Å². The van der Waals surface area contributed by atoms with Gasteiger partial charge in [-0.3, -0.25) is 4.98 Å². The van der Waals surface area contributed by atoms with Crippen molar-refractivity contribution in [2.75, 3.05) is 19.6 Å². The van der Waals surface area contributed by atoms with Gasteiger partial charge in [0.1, 0.15) is 0 Å². The maximum atomic E-state index is 10.2. The number of rotatable bonds is 6. The zero-order valence-electron chi connectivity index (χ0n) is 13.6. The van der Waals surface area contributed by atoms with Gasteiger partial charge in [-0.05, 0) is 68.0 Å². The zero-order chi connectivity index (χ0) is 15.9. The van der Waals surface area contributed by atoms with Crippen molar-refractivity contribution in [2.24, 2.45) is 5.92 Å². The van der Waals surface area contributed by atoms with Gasteiger partial charge in [0, 0.05) is 18.9 Å². The number of hydrogen-bond acceptors (Lipinski definition) is 3. The van der Waals surface area contributed by atoms with Crippen LogP contribution < -0.4 is 0 Å². The second kappa shape index (κ2) is 8.23. The number of hydrogen-bond donors (Lipinski definition) is 1. The summed E-state index contributed by atoms with van der Waals surface area (Å²) in [5.41, 5.74) is 2.43. The number of aromatic nitrogens is 1. The van der Waals surface area contributed by atoms with E-state index in [1.54, 1.807) is 12.4 Å². The lowest BCUT2D eigenvalue weighted by molar-refractivity contribution is 0.123. The number of aliphatic hydroxyl groups excluding tert-OH is 1. The minimum atomic E-state index is -0.375. The average Bonchev–Trinajstić information content (AvgIpc) is 2.62. The van der Waals surface area contributed by atoms with E-state index in [0.717, 1.165) is 37.5 Å². The number of benzene rings is 1. The van der Waals surface area contributed by atoms with Crippen LogP contribution in [0, 0.1) is 5.92 Å². The van der Waals surface area contributed by atoms with Crippen LogP contribution in [0.1, 0.15) is 36.5 Å². The van der Waals surface area contributed by atoms with Crippen molar-refractivity contribution in [2.45, 2.75) is 31.8 Å². The molecule has 1 atom stereocenters. The predicted octanol–water partition coefficient (Wildman–Crippen LogP) is 3.46. The summed E-state index contributed by atoms with van der Waals surface area (Å²) < 4.78 is 0. The molecular weight excluding hydrogens is 284 g/mol. The summed E-state index contributed by atoms with van der Waals surface area (Å²) in [5.74, 6) is 0.804. The van der Waals surface area contributed by atoms with Gasteiger partial charge < -0.3 is 10.0 Å². The third-order valence-electron chi connectivity index (χ3n) is 4.88. The van der Waals surface area contributed by atoms with E-state index in [9.17, 15) is 5.11 Å². The monoisotopic (exact) mass is 310 g/mol. The van der Waals surface area contributed by atoms with Gasteiger partial charge in [-0.15, -0.1) is 0 Å². The lowest BCUT2D eigenvalue weighted by Gasteiger charge is -2.32. The quantitative estimate of drug-likeness (QED) is 0.887. The highest BCUT2D eigenvalue weighted by molar-refractivity contribution is 5.15. The maximum Gasteiger partial charge on any atom is 0.0803 e. The van der Waals surface area contributed by atoms with E-state index in [1.807, 2.05) is 12.1 Å². The Hall–Kier alpha value is -1.71. The average molecular weight is 310 g/mol. The molecule has 23 heavy (non-hydrogen) atoms. The molecule has 1 saturated heterocycles. The first-order valence-electron chi connectivity index (χ1n) is 8.65. The van der Waals surface area contributed by atoms with E-state index in [-0.39, 0.29) is 6.10 Å². The first-order chi connectivity index (χ1) is 11.3. The topological polar surface area (TPSA) is 36.4 Å². The number of pyridine rings is 1. The van der Waals surface area contributed by atoms with Crippen molar-refractivity contribution in [1.29, 1.82) is 0 Å². The van der Waals surface area contributed by atoms with Crippen LogP contribution in [0.15, 0.2) is 54.9 Å². The molecule has 122 valence electrons. The largest absolute Gasteiger partial charge is 0.388 e. The van der Waals surface area contributed by atoms with Crippen LogP contribution in [-0.2, 0) is 6.42 Å². The fourth-order valence-corrected chi connectivity index (χ4v) is 3.42. The van der Waals surface area contributed by atoms with Gasteiger partial charge in [-0.25, -0.2) is 0 Å². The third-order valence-corrected chi connectivity index (χ3v) is 4.88. The van der Waals surface area contributed by atoms with Gasteiger partial charge in [0.05, 0.1) is 6.10 Å². The first-order valence-corrected chi connectivity index (χ1v) is 8.65. The van der Waals surface area contributed by atoms with Gasteiger partial charge in [-0.2, -0.15) is 0 Å². The van der Waals surface area contributed by atoms with Crippen LogP contribution in [-0.4, -0.2) is 34.6 Å². The van der Waals surface area contributed by atoms with Crippen LogP contribution in [0.3, 0.4) is 0 Å². The molecule has 1 unspecified atom stereocenters. The zero-order valence-corrected chi connectivity index (χ0v) is 13.6. The van der Waals surface area contributed by atoms with Crippen LogP contribution in [0.25, 0.3) is 0 Å². The fourth-order valence-electron chi connectivity index (χ4n) is 3.42. The lowest BCUT2D eigenvalue weighted by atomic mass is 9.90. The standard InChI is InChI=1S/C20H26N2O/c23-20(19-6-11-21-12-7-19)10-15-22-13-8-18(9-14-22)16-17-4-2-1-3-5-17/h1-7,11-12,18,20,23H,8-10,13-16H2. The molecule has 0 bridgehead atoms. The van der Waals surface area contributed by atoms with Crippen molar-refractivity contribution in [1.82, 2.24) is 9.88 Å². The lowest BCUT2D eigenvalue weighted by Crippen LogP contribution is -2.35. The summed E-state index contributed by atoms with van der Waals surface area (Å²) in [6.07, 6.45) is 7.64. The molecule has 1 aromatic heterocycles. The molecule has 0 spiro atoms. The Morgan fingerprint density at radius 1 is 1.04 bits per heavy atom. The summed E-state index contributed by atoms with van der Waals surface area (Å²) in [4.78, 5) is 6.49. The molecule has 2 aromatic rings. The molecule has 0 amide bonds. The Labute approximate surface area is 139 Å². The van der Waals surface area contributed by atoms with E-state index >= 15 is 0 Å². The summed E-state index contributed by atoms with van der Waals surface area (Å²) in [6, 6.07) is 14.6. The van der Waals surface area contributed by atoms with Crippen molar-refractivity contribution in [3.63, 3.8) is 0 Å². The number of likely N-dealkylation sites (tertiary alicyclic amines) is 1. The highest BCUT2D eigenvalue weighted by Crippen LogP contribution is 2.23. The summed E-state index contributed by atoms with van der Waals surface area (Å²) in [6.45, 7) is 3.28. The number of piperidine rings is 1. The van der Waals surface area contributed by atoms with Crippen molar-refractivity contribution < 1.29 is 5.11 Å². The SMILES string of the molecule is OC(CCN1CCC(Cc2ccccc2)CC1)c1ccncc1. The van der Waals surface area contributed by atoms with E-state index in [0.29, 0.717) is 0 Å². The molecule has 3 heteroatoms. The maximum absolute atomic E-state index is 10.2. The minimum Gasteiger partial charge on any atom is -0.388 e. The number of nitrogens with zero attached hydrogens (tertiary/aromatic N) is 2. The van der Waals surface area contributed by atoms with Crippen LogP contribution in [0.5, 0.6) is 0 Å². The Bertz CT molecular complexity index is 565. The Kier molecular flexibility index (Phi) is 5.78. The molecule has 0 radical (unpaired) electrons. The van der Waals surface area contributed by atoms with Gasteiger partial charge in [0.15, 0.2) is 0 Å². The number of aliphatic hydroxyl groups is 1. The van der Waals surface area contributed by atoms with Gasteiger partial charge >= 0.3 is 0 Å². The Morgan fingerprint density at radius 2 is 1.74 bits per heavy atom. The first kappa shape index (κ1) is 16.2. The Morgan fingerprint density at radius 3 is 2.43 bits per heavy atom. The molecule has 2 heterocycles. The fraction of sp³-hybridized carbons (Fsp3) is 0.450. The van der Waals surface area contributed by atoms with Crippen molar-refractivity contribution in [3.05, 3.63) is 66.0 Å².